The lowest BCUT2D eigenvalue weighted by Gasteiger charge is -2.22. The van der Waals surface area contributed by atoms with Crippen LogP contribution >= 0.6 is 19.6 Å². The highest BCUT2D eigenvalue weighted by atomic mass is 32.2. The van der Waals surface area contributed by atoms with Crippen LogP contribution in [-0.4, -0.2) is 43.0 Å². The molecule has 1 aliphatic rings. The van der Waals surface area contributed by atoms with Crippen molar-refractivity contribution in [3.63, 3.8) is 0 Å². The number of rotatable bonds is 14. The number of halogens is 3. The van der Waals surface area contributed by atoms with Crippen LogP contribution in [0.4, 0.5) is 18.0 Å². The zero-order valence-corrected chi connectivity index (χ0v) is 22.3. The number of ether oxygens (including phenoxy) is 2. The largest absolute Gasteiger partial charge is 0.491 e. The van der Waals surface area contributed by atoms with Crippen LogP contribution in [0.25, 0.3) is 0 Å². The van der Waals surface area contributed by atoms with Gasteiger partial charge in [0.1, 0.15) is 18.5 Å². The molecule has 1 N–H and O–H groups in total. The van der Waals surface area contributed by atoms with Gasteiger partial charge in [0, 0.05) is 0 Å². The van der Waals surface area contributed by atoms with E-state index in [0.29, 0.717) is 17.7 Å². The molecule has 2 aromatic rings. The van der Waals surface area contributed by atoms with E-state index in [-0.39, 0.29) is 31.0 Å². The molecule has 0 radical (unpaired) electrons. The van der Waals surface area contributed by atoms with Gasteiger partial charge in [-0.05, 0) is 55.7 Å². The molecule has 0 spiro atoms. The average Bonchev–Trinajstić information content (AvgIpc) is 3.18. The maximum Gasteiger partial charge on any atom is 0.476 e. The van der Waals surface area contributed by atoms with E-state index in [1.165, 1.54) is 12.1 Å². The lowest BCUT2D eigenvalue weighted by molar-refractivity contribution is -0.137. The summed E-state index contributed by atoms with van der Waals surface area (Å²) in [4.78, 5) is 23.1. The van der Waals surface area contributed by atoms with E-state index in [9.17, 15) is 27.3 Å². The number of carbonyl (C=O) groups is 2. The molecule has 0 bridgehead atoms. The van der Waals surface area contributed by atoms with Gasteiger partial charge >= 0.3 is 14.0 Å². The van der Waals surface area contributed by atoms with Crippen LogP contribution in [-0.2, 0) is 40.3 Å². The van der Waals surface area contributed by atoms with Gasteiger partial charge in [0.05, 0.1) is 24.0 Å². The minimum absolute atomic E-state index is 0.0686. The van der Waals surface area contributed by atoms with Gasteiger partial charge in [0.15, 0.2) is 6.79 Å². The molecular formula is C24H27F3NO8PS. The topological polar surface area (TPSA) is 109 Å². The van der Waals surface area contributed by atoms with Crippen molar-refractivity contribution in [2.45, 2.75) is 37.8 Å². The van der Waals surface area contributed by atoms with Crippen LogP contribution in [0.2, 0.25) is 0 Å². The van der Waals surface area contributed by atoms with E-state index < -0.39 is 37.7 Å². The molecule has 2 aromatic carbocycles. The van der Waals surface area contributed by atoms with Gasteiger partial charge in [-0.1, -0.05) is 36.0 Å². The molecule has 0 aliphatic carbocycles. The lowest BCUT2D eigenvalue weighted by Crippen LogP contribution is -2.25. The van der Waals surface area contributed by atoms with Crippen molar-refractivity contribution in [2.24, 2.45) is 0 Å². The van der Waals surface area contributed by atoms with Crippen LogP contribution in [0.1, 0.15) is 36.6 Å². The first kappa shape index (κ1) is 30.1. The minimum Gasteiger partial charge on any atom is -0.491 e. The number of phosphoric acid groups is 1. The van der Waals surface area contributed by atoms with Crippen LogP contribution in [0.3, 0.4) is 0 Å². The summed E-state index contributed by atoms with van der Waals surface area (Å²) < 4.78 is 78.2. The lowest BCUT2D eigenvalue weighted by atomic mass is 10.1. The first-order valence-corrected chi connectivity index (χ1v) is 13.9. The van der Waals surface area contributed by atoms with E-state index in [2.05, 4.69) is 5.32 Å². The van der Waals surface area contributed by atoms with Gasteiger partial charge in [-0.15, -0.1) is 0 Å². The van der Waals surface area contributed by atoms with Gasteiger partial charge in [0.2, 0.25) is 5.91 Å². The van der Waals surface area contributed by atoms with E-state index >= 15 is 0 Å². The summed E-state index contributed by atoms with van der Waals surface area (Å²) in [7, 11) is -3.87. The number of phosphoric ester groups is 1. The Morgan fingerprint density at radius 1 is 0.974 bits per heavy atom. The Hall–Kier alpha value is -2.41. The van der Waals surface area contributed by atoms with Gasteiger partial charge in [0.25, 0.3) is 5.24 Å². The number of alkyl halides is 3. The summed E-state index contributed by atoms with van der Waals surface area (Å²) in [5.74, 6) is 0.0985. The van der Waals surface area contributed by atoms with E-state index in [1.807, 2.05) is 0 Å². The number of amides is 2. The fraction of sp³-hybridized carbons (Fsp3) is 0.417. The molecule has 1 heterocycles. The Bertz CT molecular complexity index is 1120. The molecule has 0 aromatic heterocycles. The number of carbonyl (C=O) groups excluding carboxylic acids is 2. The fourth-order valence-corrected chi connectivity index (χ4v) is 5.27. The predicted molar refractivity (Wildman–Crippen MR) is 133 cm³/mol. The quantitative estimate of drug-likeness (QED) is 0.217. The summed E-state index contributed by atoms with van der Waals surface area (Å²) >= 11 is 0.935. The molecule has 14 heteroatoms. The normalized spacial score (nSPS) is 16.9. The van der Waals surface area contributed by atoms with Crippen molar-refractivity contribution in [1.82, 2.24) is 5.32 Å². The molecule has 2 unspecified atom stereocenters. The Morgan fingerprint density at radius 2 is 1.61 bits per heavy atom. The van der Waals surface area contributed by atoms with Gasteiger partial charge in [-0.2, -0.15) is 13.2 Å². The molecule has 0 saturated carbocycles. The molecule has 1 aliphatic heterocycles. The number of nitrogens with one attached hydrogen (secondary N) is 1. The van der Waals surface area contributed by atoms with Crippen molar-refractivity contribution >= 4 is 30.7 Å². The molecule has 2 amide bonds. The number of thioether (sulfide) groups is 1. The van der Waals surface area contributed by atoms with E-state index in [4.69, 9.17) is 23.0 Å². The van der Waals surface area contributed by atoms with Crippen molar-refractivity contribution in [3.05, 3.63) is 65.2 Å². The molecular weight excluding hydrogens is 550 g/mol. The van der Waals surface area contributed by atoms with Crippen LogP contribution in [0, 0.1) is 0 Å². The highest BCUT2D eigenvalue weighted by Gasteiger charge is 2.32. The second kappa shape index (κ2) is 13.6. The van der Waals surface area contributed by atoms with Crippen molar-refractivity contribution in [3.8, 4) is 5.75 Å². The second-order valence-electron chi connectivity index (χ2n) is 7.85. The molecule has 2 atom stereocenters. The first-order valence-electron chi connectivity index (χ1n) is 11.6. The fourth-order valence-electron chi connectivity index (χ4n) is 3.37. The molecule has 1 fully saturated rings. The van der Waals surface area contributed by atoms with Crippen molar-refractivity contribution in [1.29, 1.82) is 0 Å². The smallest absolute Gasteiger partial charge is 0.476 e. The summed E-state index contributed by atoms with van der Waals surface area (Å²) in [5, 5.41) is 1.36. The van der Waals surface area contributed by atoms with Crippen molar-refractivity contribution < 1.29 is 50.4 Å². The average molecular weight is 578 g/mol. The number of hydrogen-bond donors (Lipinski definition) is 1. The number of hydrogen-bond acceptors (Lipinski definition) is 9. The number of imide groups is 1. The highest BCUT2D eigenvalue weighted by Crippen LogP contribution is 2.49. The maximum absolute atomic E-state index is 13.0. The Morgan fingerprint density at radius 3 is 2.13 bits per heavy atom. The maximum atomic E-state index is 13.0. The van der Waals surface area contributed by atoms with Gasteiger partial charge in [-0.25, -0.2) is 4.57 Å². The molecule has 9 nitrogen and oxygen atoms in total. The molecule has 3 rings (SSSR count). The monoisotopic (exact) mass is 577 g/mol. The SMILES string of the molecule is CCOP(=O)(OCC)OCOC(COc1ccc(CC2SC(=O)NC2=O)cc1)c1ccc(C(F)(F)F)cc1. The predicted octanol–water partition coefficient (Wildman–Crippen LogP) is 5.89. The van der Waals surface area contributed by atoms with Crippen LogP contribution in [0.15, 0.2) is 48.5 Å². The molecule has 38 heavy (non-hydrogen) atoms. The Labute approximate surface area is 221 Å². The van der Waals surface area contributed by atoms with Gasteiger partial charge in [-0.3, -0.25) is 28.5 Å². The van der Waals surface area contributed by atoms with Crippen LogP contribution < -0.4 is 10.1 Å². The minimum atomic E-state index is -4.50. The third-order valence-electron chi connectivity index (χ3n) is 5.18. The standard InChI is InChI=1S/C24H27F3NO8PS/c1-3-34-37(31,35-4-2)36-15-33-20(17-7-9-18(10-8-17)24(25,26)27)14-32-19-11-5-16(6-12-19)13-21-22(29)28-23(30)38-21/h5-12,20-21H,3-4,13-15H2,1-2H3,(H,28,29,30). The molecule has 208 valence electrons. The summed E-state index contributed by atoms with van der Waals surface area (Å²) in [6, 6.07) is 11.2. The van der Waals surface area contributed by atoms with Crippen LogP contribution in [0.5, 0.6) is 5.75 Å². The highest BCUT2D eigenvalue weighted by molar-refractivity contribution is 8.15. The van der Waals surface area contributed by atoms with E-state index in [0.717, 1.165) is 29.5 Å². The zero-order chi connectivity index (χ0) is 27.8. The summed E-state index contributed by atoms with van der Waals surface area (Å²) in [6.45, 7) is 2.71. The Balaban J connectivity index is 1.66. The third-order valence-corrected chi connectivity index (χ3v) is 7.73. The van der Waals surface area contributed by atoms with E-state index in [1.54, 1.807) is 38.1 Å². The summed E-state index contributed by atoms with van der Waals surface area (Å²) in [5.41, 5.74) is 0.363. The third kappa shape index (κ3) is 8.82. The second-order valence-corrected chi connectivity index (χ2v) is 10.7. The first-order chi connectivity index (χ1) is 18.0. The zero-order valence-electron chi connectivity index (χ0n) is 20.6. The van der Waals surface area contributed by atoms with Gasteiger partial charge < -0.3 is 9.47 Å². The molecule has 1 saturated heterocycles. The number of benzene rings is 2. The van der Waals surface area contributed by atoms with Crippen molar-refractivity contribution in [2.75, 3.05) is 26.6 Å². The Kier molecular flexibility index (Phi) is 10.8. The summed E-state index contributed by atoms with van der Waals surface area (Å²) in [6.07, 6.45) is -5.03.